The predicted octanol–water partition coefficient (Wildman–Crippen LogP) is 1.08. The fourth-order valence-corrected chi connectivity index (χ4v) is 2.98. The summed E-state index contributed by atoms with van der Waals surface area (Å²) in [5.74, 6) is -0.314. The number of methoxy groups -OCH3 is 1. The summed E-state index contributed by atoms with van der Waals surface area (Å²) >= 11 is 0. The molecule has 1 amide bonds. The predicted molar refractivity (Wildman–Crippen MR) is 79.2 cm³/mol. The Hall–Kier alpha value is -2.08. The maximum atomic E-state index is 12.3. The van der Waals surface area contributed by atoms with E-state index >= 15 is 0 Å². The lowest BCUT2D eigenvalue weighted by Gasteiger charge is -2.29. The molecule has 2 atom stereocenters. The van der Waals surface area contributed by atoms with Gasteiger partial charge in [0.15, 0.2) is 0 Å². The van der Waals surface area contributed by atoms with Crippen molar-refractivity contribution in [2.75, 3.05) is 20.2 Å². The van der Waals surface area contributed by atoms with Crippen LogP contribution in [0.3, 0.4) is 0 Å². The van der Waals surface area contributed by atoms with Crippen molar-refractivity contribution >= 4 is 12.1 Å². The Morgan fingerprint density at radius 2 is 2.05 bits per heavy atom. The summed E-state index contributed by atoms with van der Waals surface area (Å²) in [4.78, 5) is 25.4. The molecule has 0 aliphatic carbocycles. The number of hydrogen-bond donors (Lipinski definition) is 1. The zero-order valence-corrected chi connectivity index (χ0v) is 12.6. The number of rotatable bonds is 2. The smallest absolute Gasteiger partial charge is 0.410 e. The molecule has 0 bridgehead atoms. The van der Waals surface area contributed by atoms with Gasteiger partial charge in [0.1, 0.15) is 12.1 Å². The van der Waals surface area contributed by atoms with Gasteiger partial charge in [-0.2, -0.15) is 0 Å². The highest BCUT2D eigenvalue weighted by atomic mass is 16.6. The third-order valence-electron chi connectivity index (χ3n) is 4.23. The van der Waals surface area contributed by atoms with Crippen LogP contribution < -0.4 is 5.32 Å². The van der Waals surface area contributed by atoms with Crippen molar-refractivity contribution in [3.8, 4) is 0 Å². The quantitative estimate of drug-likeness (QED) is 0.828. The first-order valence-electron chi connectivity index (χ1n) is 7.51. The van der Waals surface area contributed by atoms with Crippen LogP contribution in [-0.4, -0.2) is 49.3 Å². The largest absolute Gasteiger partial charge is 0.468 e. The first kappa shape index (κ1) is 14.8. The van der Waals surface area contributed by atoms with Gasteiger partial charge in [-0.15, -0.1) is 0 Å². The third kappa shape index (κ3) is 3.06. The molecule has 1 aromatic rings. The van der Waals surface area contributed by atoms with Crippen LogP contribution in [-0.2, 0) is 27.2 Å². The van der Waals surface area contributed by atoms with Crippen molar-refractivity contribution in [2.45, 2.75) is 31.5 Å². The van der Waals surface area contributed by atoms with E-state index < -0.39 is 0 Å². The van der Waals surface area contributed by atoms with Crippen LogP contribution >= 0.6 is 0 Å². The minimum absolute atomic E-state index is 0.284. The summed E-state index contributed by atoms with van der Waals surface area (Å²) in [6.45, 7) is 1.72. The number of carbonyl (C=O) groups is 2. The first-order valence-corrected chi connectivity index (χ1v) is 7.51. The summed E-state index contributed by atoms with van der Waals surface area (Å²) in [5.41, 5.74) is 2.46. The molecule has 1 N–H and O–H groups in total. The van der Waals surface area contributed by atoms with Crippen LogP contribution in [0.15, 0.2) is 24.3 Å². The molecule has 2 aliphatic rings. The molecule has 22 heavy (non-hydrogen) atoms. The Morgan fingerprint density at radius 3 is 2.82 bits per heavy atom. The molecule has 2 unspecified atom stereocenters. The number of amides is 1. The van der Waals surface area contributed by atoms with Gasteiger partial charge in [-0.25, -0.2) is 4.79 Å². The summed E-state index contributed by atoms with van der Waals surface area (Å²) in [6, 6.07) is 7.75. The second kappa shape index (κ2) is 6.36. The highest BCUT2D eigenvalue weighted by Crippen LogP contribution is 2.20. The van der Waals surface area contributed by atoms with Gasteiger partial charge in [-0.05, 0) is 17.5 Å². The van der Waals surface area contributed by atoms with Crippen molar-refractivity contribution < 1.29 is 19.1 Å². The molecule has 1 aromatic carbocycles. The number of ether oxygens (including phenoxy) is 2. The highest BCUT2D eigenvalue weighted by molar-refractivity contribution is 5.76. The zero-order chi connectivity index (χ0) is 15.5. The van der Waals surface area contributed by atoms with Crippen LogP contribution in [0.25, 0.3) is 0 Å². The summed E-state index contributed by atoms with van der Waals surface area (Å²) in [5, 5.41) is 3.01. The minimum atomic E-state index is -0.384. The number of benzene rings is 1. The average molecular weight is 304 g/mol. The van der Waals surface area contributed by atoms with Gasteiger partial charge in [0.25, 0.3) is 0 Å². The van der Waals surface area contributed by atoms with Crippen molar-refractivity contribution in [2.24, 2.45) is 0 Å². The number of esters is 1. The molecule has 0 spiro atoms. The van der Waals surface area contributed by atoms with E-state index in [0.717, 1.165) is 6.42 Å². The van der Waals surface area contributed by atoms with Crippen LogP contribution in [0.5, 0.6) is 0 Å². The van der Waals surface area contributed by atoms with E-state index in [1.807, 2.05) is 18.2 Å². The van der Waals surface area contributed by atoms with Gasteiger partial charge < -0.3 is 19.7 Å². The summed E-state index contributed by atoms with van der Waals surface area (Å²) in [6.07, 6.45) is 0.711. The van der Waals surface area contributed by atoms with E-state index in [4.69, 9.17) is 9.47 Å². The molecule has 0 radical (unpaired) electrons. The van der Waals surface area contributed by atoms with Crippen LogP contribution in [0.4, 0.5) is 4.79 Å². The van der Waals surface area contributed by atoms with Crippen molar-refractivity contribution in [1.29, 1.82) is 0 Å². The summed E-state index contributed by atoms with van der Waals surface area (Å²) < 4.78 is 10.2. The fourth-order valence-electron chi connectivity index (χ4n) is 2.98. The first-order chi connectivity index (χ1) is 10.7. The summed E-state index contributed by atoms with van der Waals surface area (Å²) in [7, 11) is 1.36. The van der Waals surface area contributed by atoms with Gasteiger partial charge in [0, 0.05) is 26.1 Å². The molecule has 2 aliphatic heterocycles. The maximum Gasteiger partial charge on any atom is 0.410 e. The average Bonchev–Trinajstić information content (AvgIpc) is 3.02. The monoisotopic (exact) mass is 304 g/mol. The van der Waals surface area contributed by atoms with Gasteiger partial charge in [-0.1, -0.05) is 24.3 Å². The van der Waals surface area contributed by atoms with Crippen molar-refractivity contribution in [1.82, 2.24) is 10.2 Å². The molecule has 2 heterocycles. The number of fused-ring (bicyclic) bond motifs is 1. The van der Waals surface area contributed by atoms with E-state index in [2.05, 4.69) is 11.4 Å². The maximum absolute atomic E-state index is 12.3. The SMILES string of the molecule is COC(=O)C1CC(OC(=O)N2CCc3ccccc3C2)CN1. The molecule has 3 rings (SSSR count). The second-order valence-electron chi connectivity index (χ2n) is 5.67. The van der Waals surface area contributed by atoms with Gasteiger partial charge >= 0.3 is 12.1 Å². The lowest BCUT2D eigenvalue weighted by atomic mass is 10.0. The molecular formula is C16H20N2O4. The Balaban J connectivity index is 1.54. The minimum Gasteiger partial charge on any atom is -0.468 e. The van der Waals surface area contributed by atoms with E-state index in [1.54, 1.807) is 4.90 Å². The Labute approximate surface area is 129 Å². The van der Waals surface area contributed by atoms with Crippen molar-refractivity contribution in [3.63, 3.8) is 0 Å². The van der Waals surface area contributed by atoms with Crippen molar-refractivity contribution in [3.05, 3.63) is 35.4 Å². The van der Waals surface area contributed by atoms with E-state index in [0.29, 0.717) is 26.1 Å². The highest BCUT2D eigenvalue weighted by Gasteiger charge is 2.33. The van der Waals surface area contributed by atoms with Gasteiger partial charge in [0.05, 0.1) is 7.11 Å². The molecule has 0 saturated carbocycles. The lowest BCUT2D eigenvalue weighted by Crippen LogP contribution is -2.38. The molecule has 118 valence electrons. The lowest BCUT2D eigenvalue weighted by molar-refractivity contribution is -0.142. The molecular weight excluding hydrogens is 284 g/mol. The van der Waals surface area contributed by atoms with E-state index in [9.17, 15) is 9.59 Å². The number of carbonyl (C=O) groups excluding carboxylic acids is 2. The third-order valence-corrected chi connectivity index (χ3v) is 4.23. The normalized spacial score (nSPS) is 23.8. The molecule has 6 heteroatoms. The van der Waals surface area contributed by atoms with Gasteiger partial charge in [-0.3, -0.25) is 4.79 Å². The van der Waals surface area contributed by atoms with Gasteiger partial charge in [0.2, 0.25) is 0 Å². The van der Waals surface area contributed by atoms with Crippen LogP contribution in [0.1, 0.15) is 17.5 Å². The van der Waals surface area contributed by atoms with Crippen LogP contribution in [0, 0.1) is 0 Å². The number of nitrogens with one attached hydrogen (secondary N) is 1. The number of hydrogen-bond acceptors (Lipinski definition) is 5. The topological polar surface area (TPSA) is 67.9 Å². The number of nitrogens with zero attached hydrogens (tertiary/aromatic N) is 1. The van der Waals surface area contributed by atoms with E-state index in [-0.39, 0.29) is 24.2 Å². The molecule has 6 nitrogen and oxygen atoms in total. The zero-order valence-electron chi connectivity index (χ0n) is 12.6. The Bertz CT molecular complexity index is 575. The molecule has 0 aromatic heterocycles. The Kier molecular flexibility index (Phi) is 4.29. The Morgan fingerprint density at radius 1 is 1.27 bits per heavy atom. The molecule has 1 fully saturated rings. The van der Waals surface area contributed by atoms with Crippen LogP contribution in [0.2, 0.25) is 0 Å². The molecule has 1 saturated heterocycles. The second-order valence-corrected chi connectivity index (χ2v) is 5.67. The standard InChI is InChI=1S/C16H20N2O4/c1-21-15(19)14-8-13(9-17-14)22-16(20)18-7-6-11-4-2-3-5-12(11)10-18/h2-5,13-14,17H,6-10H2,1H3. The fraction of sp³-hybridized carbons (Fsp3) is 0.500. The van der Waals surface area contributed by atoms with E-state index in [1.165, 1.54) is 18.2 Å².